The number of hydrogen-bond donors (Lipinski definition) is 1. The number of piperidine rings is 1. The topological polar surface area (TPSA) is 83.4 Å². The van der Waals surface area contributed by atoms with Crippen molar-refractivity contribution in [2.45, 2.75) is 25.8 Å². The van der Waals surface area contributed by atoms with Crippen LogP contribution >= 0.6 is 0 Å². The Kier molecular flexibility index (Phi) is 4.74. The van der Waals surface area contributed by atoms with Gasteiger partial charge in [-0.1, -0.05) is 6.07 Å². The predicted molar refractivity (Wildman–Crippen MR) is 88.3 cm³/mol. The molecular formula is C18H18FN3O3. The molecular weight excluding hydrogens is 325 g/mol. The molecule has 0 aliphatic carbocycles. The molecule has 1 aromatic carbocycles. The van der Waals surface area contributed by atoms with E-state index in [1.807, 2.05) is 0 Å². The van der Waals surface area contributed by atoms with Crippen LogP contribution in [0.1, 0.15) is 30.1 Å². The van der Waals surface area contributed by atoms with Crippen LogP contribution in [0.3, 0.4) is 0 Å². The van der Waals surface area contributed by atoms with Gasteiger partial charge in [0.2, 0.25) is 0 Å². The summed E-state index contributed by atoms with van der Waals surface area (Å²) in [6, 6.07) is 3.87. The largest absolute Gasteiger partial charge is 0.481 e. The van der Waals surface area contributed by atoms with E-state index in [4.69, 9.17) is 0 Å². The molecule has 2 heterocycles. The first-order chi connectivity index (χ1) is 12.0. The molecule has 1 aromatic heterocycles. The summed E-state index contributed by atoms with van der Waals surface area (Å²) in [5.74, 6) is -2.67. The zero-order valence-electron chi connectivity index (χ0n) is 13.7. The summed E-state index contributed by atoms with van der Waals surface area (Å²) in [6.07, 6.45) is 5.62. The Morgan fingerprint density at radius 1 is 1.24 bits per heavy atom. The Labute approximate surface area is 144 Å². The van der Waals surface area contributed by atoms with Crippen molar-refractivity contribution in [3.05, 3.63) is 48.3 Å². The average molecular weight is 343 g/mol. The van der Waals surface area contributed by atoms with E-state index in [0.717, 1.165) is 0 Å². The lowest BCUT2D eigenvalue weighted by Crippen LogP contribution is -2.49. The van der Waals surface area contributed by atoms with Crippen LogP contribution in [0, 0.1) is 11.7 Å². The van der Waals surface area contributed by atoms with Crippen LogP contribution in [-0.2, 0) is 4.79 Å². The maximum Gasteiger partial charge on any atom is 0.308 e. The van der Waals surface area contributed by atoms with Gasteiger partial charge in [0.1, 0.15) is 12.1 Å². The highest BCUT2D eigenvalue weighted by Crippen LogP contribution is 2.27. The van der Waals surface area contributed by atoms with Gasteiger partial charge >= 0.3 is 5.97 Å². The minimum atomic E-state index is -0.926. The van der Waals surface area contributed by atoms with Gasteiger partial charge in [-0.25, -0.2) is 14.4 Å². The molecule has 1 aliphatic rings. The molecule has 1 N–H and O–H groups in total. The summed E-state index contributed by atoms with van der Waals surface area (Å²) >= 11 is 0. The number of halogens is 1. The van der Waals surface area contributed by atoms with E-state index in [9.17, 15) is 19.1 Å². The van der Waals surface area contributed by atoms with Crippen molar-refractivity contribution in [3.63, 3.8) is 0 Å². The van der Waals surface area contributed by atoms with Crippen molar-refractivity contribution in [2.24, 2.45) is 5.92 Å². The Morgan fingerprint density at radius 3 is 2.60 bits per heavy atom. The molecule has 1 fully saturated rings. The Balaban J connectivity index is 1.86. The number of carbonyl (C=O) groups excluding carboxylic acids is 1. The predicted octanol–water partition coefficient (Wildman–Crippen LogP) is 2.61. The monoisotopic (exact) mass is 343 g/mol. The van der Waals surface area contributed by atoms with Crippen LogP contribution in [-0.4, -0.2) is 44.4 Å². The minimum absolute atomic E-state index is 0.0570. The first-order valence-corrected chi connectivity index (χ1v) is 8.07. The second-order valence-corrected chi connectivity index (χ2v) is 6.15. The molecule has 1 amide bonds. The standard InChI is InChI=1S/C18H18FN3O3/c1-11-14(18(24)25)3-2-6-22(11)17(23)15-5-4-12(7-16(15)19)13-8-20-10-21-9-13/h4-5,7-11,14H,2-3,6H2,1H3,(H,24,25)/t11-,14-/m1/s1. The number of hydrogen-bond acceptors (Lipinski definition) is 4. The maximum absolute atomic E-state index is 14.5. The molecule has 25 heavy (non-hydrogen) atoms. The number of carbonyl (C=O) groups is 2. The van der Waals surface area contributed by atoms with Crippen LogP contribution in [0.4, 0.5) is 4.39 Å². The number of carboxylic acid groups (broad SMARTS) is 1. The van der Waals surface area contributed by atoms with E-state index in [1.54, 1.807) is 25.4 Å². The van der Waals surface area contributed by atoms with Gasteiger partial charge in [-0.3, -0.25) is 9.59 Å². The molecule has 2 atom stereocenters. The van der Waals surface area contributed by atoms with E-state index in [-0.39, 0.29) is 5.56 Å². The second-order valence-electron chi connectivity index (χ2n) is 6.15. The van der Waals surface area contributed by atoms with Crippen molar-refractivity contribution in [3.8, 4) is 11.1 Å². The number of rotatable bonds is 3. The fourth-order valence-corrected chi connectivity index (χ4v) is 3.23. The lowest BCUT2D eigenvalue weighted by Gasteiger charge is -2.37. The van der Waals surface area contributed by atoms with Crippen molar-refractivity contribution in [2.75, 3.05) is 6.54 Å². The summed E-state index contributed by atoms with van der Waals surface area (Å²) in [5.41, 5.74) is 1.17. The molecule has 1 saturated heterocycles. The van der Waals surface area contributed by atoms with E-state index < -0.39 is 29.7 Å². The van der Waals surface area contributed by atoms with Crippen LogP contribution in [0.25, 0.3) is 11.1 Å². The smallest absolute Gasteiger partial charge is 0.308 e. The van der Waals surface area contributed by atoms with E-state index in [0.29, 0.717) is 30.5 Å². The zero-order valence-corrected chi connectivity index (χ0v) is 13.7. The fourth-order valence-electron chi connectivity index (χ4n) is 3.23. The first-order valence-electron chi connectivity index (χ1n) is 8.07. The SMILES string of the molecule is C[C@@H]1[C@H](C(=O)O)CCCN1C(=O)c1ccc(-c2cncnc2)cc1F. The molecule has 2 aromatic rings. The molecule has 7 heteroatoms. The zero-order chi connectivity index (χ0) is 18.0. The van der Waals surface area contributed by atoms with Gasteiger partial charge in [0.15, 0.2) is 0 Å². The summed E-state index contributed by atoms with van der Waals surface area (Å²) in [7, 11) is 0. The van der Waals surface area contributed by atoms with Crippen LogP contribution in [0.5, 0.6) is 0 Å². The lowest BCUT2D eigenvalue weighted by molar-refractivity contribution is -0.144. The van der Waals surface area contributed by atoms with Gasteiger partial charge in [-0.15, -0.1) is 0 Å². The first kappa shape index (κ1) is 17.0. The number of amides is 1. The van der Waals surface area contributed by atoms with Crippen LogP contribution in [0.2, 0.25) is 0 Å². The van der Waals surface area contributed by atoms with Crippen molar-refractivity contribution in [1.82, 2.24) is 14.9 Å². The Hall–Kier alpha value is -2.83. The third-order valence-corrected chi connectivity index (χ3v) is 4.66. The van der Waals surface area contributed by atoms with E-state index in [1.165, 1.54) is 23.4 Å². The van der Waals surface area contributed by atoms with E-state index >= 15 is 0 Å². The molecule has 0 radical (unpaired) electrons. The minimum Gasteiger partial charge on any atom is -0.481 e. The molecule has 1 aliphatic heterocycles. The van der Waals surface area contributed by atoms with Crippen LogP contribution < -0.4 is 0 Å². The quantitative estimate of drug-likeness (QED) is 0.926. The van der Waals surface area contributed by atoms with Gasteiger partial charge in [0.25, 0.3) is 5.91 Å². The van der Waals surface area contributed by atoms with Gasteiger partial charge in [-0.2, -0.15) is 0 Å². The molecule has 0 saturated carbocycles. The highest BCUT2D eigenvalue weighted by atomic mass is 19.1. The number of carboxylic acids is 1. The van der Waals surface area contributed by atoms with Gasteiger partial charge in [0, 0.05) is 30.5 Å². The van der Waals surface area contributed by atoms with Gasteiger partial charge < -0.3 is 10.0 Å². The number of nitrogens with zero attached hydrogens (tertiary/aromatic N) is 3. The van der Waals surface area contributed by atoms with Crippen molar-refractivity contribution >= 4 is 11.9 Å². The molecule has 130 valence electrons. The molecule has 6 nitrogen and oxygen atoms in total. The summed E-state index contributed by atoms with van der Waals surface area (Å²) in [5, 5.41) is 9.27. The molecule has 0 bridgehead atoms. The molecule has 0 spiro atoms. The summed E-state index contributed by atoms with van der Waals surface area (Å²) < 4.78 is 14.5. The van der Waals surface area contributed by atoms with Crippen LogP contribution in [0.15, 0.2) is 36.9 Å². The normalized spacial score (nSPS) is 20.3. The third-order valence-electron chi connectivity index (χ3n) is 4.66. The second kappa shape index (κ2) is 6.96. The number of benzene rings is 1. The Morgan fingerprint density at radius 2 is 1.96 bits per heavy atom. The number of aromatic nitrogens is 2. The molecule has 0 unspecified atom stereocenters. The summed E-state index contributed by atoms with van der Waals surface area (Å²) in [6.45, 7) is 2.13. The summed E-state index contributed by atoms with van der Waals surface area (Å²) in [4.78, 5) is 33.3. The molecule has 3 rings (SSSR count). The fraction of sp³-hybridized carbons (Fsp3) is 0.333. The average Bonchev–Trinajstić information content (AvgIpc) is 2.62. The number of aliphatic carboxylic acids is 1. The maximum atomic E-state index is 14.5. The number of likely N-dealkylation sites (tertiary alicyclic amines) is 1. The Bertz CT molecular complexity index is 797. The lowest BCUT2D eigenvalue weighted by atomic mass is 9.89. The van der Waals surface area contributed by atoms with Crippen molar-refractivity contribution in [1.29, 1.82) is 0 Å². The van der Waals surface area contributed by atoms with E-state index in [2.05, 4.69) is 9.97 Å². The highest BCUT2D eigenvalue weighted by Gasteiger charge is 2.36. The van der Waals surface area contributed by atoms with Gasteiger partial charge in [-0.05, 0) is 37.5 Å². The van der Waals surface area contributed by atoms with Gasteiger partial charge in [0.05, 0.1) is 11.5 Å². The highest BCUT2D eigenvalue weighted by molar-refractivity contribution is 5.95. The third kappa shape index (κ3) is 3.35. The van der Waals surface area contributed by atoms with Crippen molar-refractivity contribution < 1.29 is 19.1 Å².